The molecule has 1 aliphatic heterocycles. The Bertz CT molecular complexity index is 549. The normalized spacial score (nSPS) is 34.5. The second kappa shape index (κ2) is 4.69. The number of fused-ring (bicyclic) bond motifs is 1. The summed E-state index contributed by atoms with van der Waals surface area (Å²) in [6.45, 7) is 4.08. The average molecular weight is 290 g/mol. The van der Waals surface area contributed by atoms with Crippen LogP contribution in [-0.4, -0.2) is 26.0 Å². The Kier molecular flexibility index (Phi) is 3.52. The van der Waals surface area contributed by atoms with E-state index in [0.717, 1.165) is 12.8 Å². The predicted molar refractivity (Wildman–Crippen MR) is 76.7 cm³/mol. The first-order chi connectivity index (χ1) is 9.99. The van der Waals surface area contributed by atoms with Gasteiger partial charge in [-0.2, -0.15) is 10.5 Å². The third-order valence-corrected chi connectivity index (χ3v) is 5.30. The number of methoxy groups -OCH3 is 2. The fourth-order valence-corrected chi connectivity index (χ4v) is 4.71. The van der Waals surface area contributed by atoms with Gasteiger partial charge in [0.25, 0.3) is 5.91 Å². The zero-order chi connectivity index (χ0) is 15.9. The summed E-state index contributed by atoms with van der Waals surface area (Å²) in [7, 11) is 2.88. The van der Waals surface area contributed by atoms with E-state index in [1.54, 1.807) is 0 Å². The molecule has 0 amide bonds. The van der Waals surface area contributed by atoms with Crippen molar-refractivity contribution in [2.75, 3.05) is 14.2 Å². The molecule has 2 atom stereocenters. The molecule has 0 aromatic carbocycles. The summed E-state index contributed by atoms with van der Waals surface area (Å²) < 4.78 is 11.0. The van der Waals surface area contributed by atoms with E-state index in [1.807, 2.05) is 13.8 Å². The summed E-state index contributed by atoms with van der Waals surface area (Å²) >= 11 is 0. The predicted octanol–water partition coefficient (Wildman–Crippen LogP) is 1.92. The molecule has 0 radical (unpaired) electrons. The summed E-state index contributed by atoms with van der Waals surface area (Å²) in [5, 5.41) is 19.9. The van der Waals surface area contributed by atoms with Gasteiger partial charge in [-0.05, 0) is 12.8 Å². The lowest BCUT2D eigenvalue weighted by molar-refractivity contribution is -0.237. The maximum Gasteiger partial charge on any atom is 0.292 e. The zero-order valence-corrected chi connectivity index (χ0v) is 13.1. The van der Waals surface area contributed by atoms with Gasteiger partial charge in [0, 0.05) is 19.6 Å². The highest BCUT2D eigenvalue weighted by Gasteiger charge is 2.99. The standard InChI is InChI=1S/C15H22N4O2/c1-5-7-12(8-6-2)13(9-16)11(18)19-15(20-3,21-4)14(12,13)10-17/h5-8H2,1-4H3,(H2,18,19)/t13-,14+/m1/s1. The zero-order valence-electron chi connectivity index (χ0n) is 13.1. The van der Waals surface area contributed by atoms with Crippen molar-refractivity contribution in [3.05, 3.63) is 0 Å². The van der Waals surface area contributed by atoms with Gasteiger partial charge in [-0.15, -0.1) is 0 Å². The highest BCUT2D eigenvalue weighted by atomic mass is 16.7. The molecule has 1 fully saturated rings. The molecule has 2 N–H and O–H groups in total. The van der Waals surface area contributed by atoms with Crippen molar-refractivity contribution in [1.82, 2.24) is 0 Å². The quantitative estimate of drug-likeness (QED) is 0.752. The fraction of sp³-hybridized carbons (Fsp3) is 0.800. The van der Waals surface area contributed by atoms with E-state index < -0.39 is 22.2 Å². The second-order valence-corrected chi connectivity index (χ2v) is 5.79. The number of nitriles is 2. The molecule has 6 heteroatoms. The molecule has 114 valence electrons. The van der Waals surface area contributed by atoms with E-state index in [9.17, 15) is 10.5 Å². The van der Waals surface area contributed by atoms with Crippen molar-refractivity contribution in [3.8, 4) is 12.1 Å². The summed E-state index contributed by atoms with van der Waals surface area (Å²) in [5.41, 5.74) is 3.24. The molecular formula is C15H22N4O2. The molecule has 21 heavy (non-hydrogen) atoms. The Morgan fingerprint density at radius 1 is 1.10 bits per heavy atom. The van der Waals surface area contributed by atoms with Crippen molar-refractivity contribution in [1.29, 1.82) is 10.5 Å². The van der Waals surface area contributed by atoms with Gasteiger partial charge in [-0.1, -0.05) is 26.7 Å². The van der Waals surface area contributed by atoms with Crippen LogP contribution in [-0.2, 0) is 9.47 Å². The monoisotopic (exact) mass is 290 g/mol. The first-order valence-electron chi connectivity index (χ1n) is 7.28. The van der Waals surface area contributed by atoms with Crippen molar-refractivity contribution in [2.45, 2.75) is 45.4 Å². The molecule has 2 rings (SSSR count). The average Bonchev–Trinajstić information content (AvgIpc) is 2.91. The number of nitrogens with two attached hydrogens (primary N) is 1. The van der Waals surface area contributed by atoms with Crippen LogP contribution in [0.15, 0.2) is 4.99 Å². The van der Waals surface area contributed by atoms with Gasteiger partial charge in [-0.25, -0.2) is 4.99 Å². The third kappa shape index (κ3) is 1.23. The van der Waals surface area contributed by atoms with E-state index in [2.05, 4.69) is 17.1 Å². The fourth-order valence-electron chi connectivity index (χ4n) is 4.71. The number of nitrogens with zero attached hydrogens (tertiary/aromatic N) is 3. The van der Waals surface area contributed by atoms with Crippen LogP contribution in [0.2, 0.25) is 0 Å². The van der Waals surface area contributed by atoms with Crippen molar-refractivity contribution < 1.29 is 9.47 Å². The molecular weight excluding hydrogens is 268 g/mol. The second-order valence-electron chi connectivity index (χ2n) is 5.79. The molecule has 0 aromatic heterocycles. The van der Waals surface area contributed by atoms with E-state index in [4.69, 9.17) is 15.2 Å². The van der Waals surface area contributed by atoms with Crippen LogP contribution in [0.25, 0.3) is 0 Å². The maximum atomic E-state index is 9.98. The van der Waals surface area contributed by atoms with Crippen LogP contribution < -0.4 is 5.73 Å². The van der Waals surface area contributed by atoms with Crippen LogP contribution >= 0.6 is 0 Å². The van der Waals surface area contributed by atoms with Crippen molar-refractivity contribution in [3.63, 3.8) is 0 Å². The highest BCUT2D eigenvalue weighted by Crippen LogP contribution is 2.88. The lowest BCUT2D eigenvalue weighted by Gasteiger charge is -2.33. The van der Waals surface area contributed by atoms with Gasteiger partial charge >= 0.3 is 0 Å². The van der Waals surface area contributed by atoms with Gasteiger partial charge in [0.15, 0.2) is 5.41 Å². The largest absolute Gasteiger partial charge is 0.386 e. The molecule has 0 spiro atoms. The van der Waals surface area contributed by atoms with Crippen LogP contribution in [0.5, 0.6) is 0 Å². The molecule has 0 saturated heterocycles. The van der Waals surface area contributed by atoms with Crippen LogP contribution in [0, 0.1) is 38.9 Å². The maximum absolute atomic E-state index is 9.98. The number of aliphatic imine (C=N–C) groups is 1. The van der Waals surface area contributed by atoms with Gasteiger partial charge in [0.05, 0.1) is 12.1 Å². The van der Waals surface area contributed by atoms with E-state index in [0.29, 0.717) is 12.8 Å². The Labute approximate surface area is 125 Å². The van der Waals surface area contributed by atoms with Gasteiger partial charge in [0.2, 0.25) is 0 Å². The van der Waals surface area contributed by atoms with Crippen LogP contribution in [0.1, 0.15) is 39.5 Å². The SMILES string of the molecule is CCCC1(CCC)[C@]2(C#N)C(OC)(OC)N=C(N)[C@]12C#N. The molecule has 6 nitrogen and oxygen atoms in total. The first kappa shape index (κ1) is 15.8. The smallest absolute Gasteiger partial charge is 0.292 e. The summed E-state index contributed by atoms with van der Waals surface area (Å²) in [5.74, 6) is -1.33. The number of ether oxygens (including phenoxy) is 2. The Balaban J connectivity index is 2.75. The minimum atomic E-state index is -1.49. The number of hydrogen-bond donors (Lipinski definition) is 1. The van der Waals surface area contributed by atoms with Crippen molar-refractivity contribution >= 4 is 5.84 Å². The minimum absolute atomic E-state index is 0.164. The molecule has 1 heterocycles. The van der Waals surface area contributed by atoms with Crippen LogP contribution in [0.4, 0.5) is 0 Å². The van der Waals surface area contributed by atoms with Crippen molar-refractivity contribution in [2.24, 2.45) is 27.0 Å². The van der Waals surface area contributed by atoms with Gasteiger partial charge < -0.3 is 15.2 Å². The topological polar surface area (TPSA) is 104 Å². The van der Waals surface area contributed by atoms with Gasteiger partial charge in [-0.3, -0.25) is 0 Å². The highest BCUT2D eigenvalue weighted by molar-refractivity contribution is 6.00. The summed E-state index contributed by atoms with van der Waals surface area (Å²) in [6.07, 6.45) is 3.13. The third-order valence-electron chi connectivity index (χ3n) is 5.30. The molecule has 1 aliphatic carbocycles. The summed E-state index contributed by atoms with van der Waals surface area (Å²) in [4.78, 5) is 4.24. The minimum Gasteiger partial charge on any atom is -0.386 e. The molecule has 2 aliphatic rings. The summed E-state index contributed by atoms with van der Waals surface area (Å²) in [6, 6.07) is 4.62. The molecule has 0 unspecified atom stereocenters. The molecule has 1 saturated carbocycles. The number of amidine groups is 1. The molecule has 0 aromatic rings. The lowest BCUT2D eigenvalue weighted by atomic mass is 9.81. The Hall–Kier alpha value is -1.63. The number of hydrogen-bond acceptors (Lipinski definition) is 6. The van der Waals surface area contributed by atoms with E-state index >= 15 is 0 Å². The lowest BCUT2D eigenvalue weighted by Crippen LogP contribution is -2.44. The van der Waals surface area contributed by atoms with Crippen LogP contribution in [0.3, 0.4) is 0 Å². The van der Waals surface area contributed by atoms with Gasteiger partial charge in [0.1, 0.15) is 11.3 Å². The Morgan fingerprint density at radius 3 is 1.95 bits per heavy atom. The van der Waals surface area contributed by atoms with E-state index in [1.165, 1.54) is 14.2 Å². The molecule has 0 bridgehead atoms. The first-order valence-corrected chi connectivity index (χ1v) is 7.28. The number of rotatable bonds is 6. The van der Waals surface area contributed by atoms with E-state index in [-0.39, 0.29) is 5.84 Å². The Morgan fingerprint density at radius 2 is 1.62 bits per heavy atom.